The van der Waals surface area contributed by atoms with Crippen LogP contribution in [0.15, 0.2) is 108 Å². The van der Waals surface area contributed by atoms with Gasteiger partial charge in [-0.15, -0.1) is 0 Å². The maximum atomic E-state index is 11.8. The van der Waals surface area contributed by atoms with E-state index in [0.29, 0.717) is 16.2 Å². The Kier molecular flexibility index (Phi) is 8.26. The van der Waals surface area contributed by atoms with Crippen LogP contribution in [-0.4, -0.2) is 19.0 Å². The summed E-state index contributed by atoms with van der Waals surface area (Å²) in [6.45, 7) is 2.05. The number of hydrogen-bond donors (Lipinski definition) is 0. The lowest BCUT2D eigenvalue weighted by Crippen LogP contribution is -2.60. The predicted octanol–water partition coefficient (Wildman–Crippen LogP) is 3.85. The Labute approximate surface area is 217 Å². The molecule has 1 unspecified atom stereocenters. The van der Waals surface area contributed by atoms with Gasteiger partial charge in [0, 0.05) is 24.7 Å². The van der Waals surface area contributed by atoms with Crippen molar-refractivity contribution in [1.82, 2.24) is 0 Å². The van der Waals surface area contributed by atoms with Gasteiger partial charge in [0.1, 0.15) is 14.5 Å². The van der Waals surface area contributed by atoms with Crippen LogP contribution in [0.5, 0.6) is 0 Å². The molecule has 0 aliphatic carbocycles. The topological polar surface area (TPSA) is 81.6 Å². The standard InChI is InChI=1S/C29H28ClNO4S/c1-4-22(24-15-17-27(18-16-24)31(2)3)19-28-20-26(23-11-7-5-8-12-23)21-29(25-13-9-6-10-14-25)36(28)35-30(32,33)34/h5-21H,4H2,1-3H3. The van der Waals surface area contributed by atoms with E-state index < -0.39 is 21.0 Å². The number of nitrogens with zero attached hydrogens (tertiary/aromatic N) is 1. The summed E-state index contributed by atoms with van der Waals surface area (Å²) < 4.78 is 40.6. The van der Waals surface area contributed by atoms with E-state index >= 15 is 0 Å². The Morgan fingerprint density at radius 3 is 1.94 bits per heavy atom. The van der Waals surface area contributed by atoms with Crippen molar-refractivity contribution in [2.75, 3.05) is 19.0 Å². The van der Waals surface area contributed by atoms with E-state index in [2.05, 4.69) is 0 Å². The van der Waals surface area contributed by atoms with Gasteiger partial charge in [0.2, 0.25) is 0 Å². The zero-order chi connectivity index (χ0) is 25.7. The minimum Gasteiger partial charge on any atom is -0.378 e. The largest absolute Gasteiger partial charge is 0.378 e. The van der Waals surface area contributed by atoms with E-state index in [0.717, 1.165) is 33.5 Å². The number of hydrogen-bond acceptors (Lipinski definition) is 5. The van der Waals surface area contributed by atoms with E-state index in [4.69, 9.17) is 3.74 Å². The van der Waals surface area contributed by atoms with E-state index in [1.807, 2.05) is 129 Å². The molecular formula is C29H28ClNO4S. The molecule has 36 heavy (non-hydrogen) atoms. The summed E-state index contributed by atoms with van der Waals surface area (Å²) in [5.41, 5.74) is 5.80. The molecule has 0 fully saturated rings. The van der Waals surface area contributed by atoms with Crippen molar-refractivity contribution in [3.05, 3.63) is 125 Å². The first-order chi connectivity index (χ1) is 17.2. The highest BCUT2D eigenvalue weighted by atomic mass is 35.7. The van der Waals surface area contributed by atoms with Crippen LogP contribution in [0.1, 0.15) is 30.0 Å². The average molecular weight is 522 g/mol. The van der Waals surface area contributed by atoms with Crippen LogP contribution in [0.4, 0.5) is 5.69 Å². The number of halogens is 1. The highest BCUT2D eigenvalue weighted by Crippen LogP contribution is 2.42. The second-order valence-corrected chi connectivity index (χ2v) is 11.1. The smallest absolute Gasteiger partial charge is 0.147 e. The van der Waals surface area contributed by atoms with Crippen molar-refractivity contribution in [3.63, 3.8) is 0 Å². The predicted molar refractivity (Wildman–Crippen MR) is 141 cm³/mol. The molecule has 1 aliphatic heterocycles. The molecule has 186 valence electrons. The van der Waals surface area contributed by atoms with Gasteiger partial charge in [-0.3, -0.25) is 0 Å². The summed E-state index contributed by atoms with van der Waals surface area (Å²) in [6, 6.07) is 27.5. The van der Waals surface area contributed by atoms with Gasteiger partial charge in [0.15, 0.2) is 0 Å². The van der Waals surface area contributed by atoms with Crippen LogP contribution in [0.25, 0.3) is 11.1 Å². The first-order valence-corrected chi connectivity index (χ1v) is 13.9. The highest BCUT2D eigenvalue weighted by Gasteiger charge is 2.30. The fraction of sp³-hybridized carbons (Fsp3) is 0.138. The maximum Gasteiger partial charge on any atom is 0.147 e. The van der Waals surface area contributed by atoms with Gasteiger partial charge in [-0.25, -0.2) is 0 Å². The lowest BCUT2D eigenvalue weighted by molar-refractivity contribution is -1.91. The molecule has 1 heterocycles. The SMILES string of the molecule is CCC(=CC1=CC(c2ccccc2)=CC(c2ccccc2)=S1O[Cl+3]([O-])([O-])[O-])c1ccc(N(C)C)cc1. The summed E-state index contributed by atoms with van der Waals surface area (Å²) in [5.74, 6) is 0. The number of allylic oxidation sites excluding steroid dienone is 5. The fourth-order valence-corrected chi connectivity index (χ4v) is 6.44. The Balaban J connectivity index is 1.91. The average Bonchev–Trinajstić information content (AvgIpc) is 2.88. The van der Waals surface area contributed by atoms with Crippen LogP contribution in [0.3, 0.4) is 0 Å². The van der Waals surface area contributed by atoms with Gasteiger partial charge in [-0.05, 0) is 64.6 Å². The van der Waals surface area contributed by atoms with Gasteiger partial charge in [-0.1, -0.05) is 79.7 Å². The molecule has 0 amide bonds. The minimum atomic E-state index is -4.65. The third kappa shape index (κ3) is 6.42. The van der Waals surface area contributed by atoms with Crippen LogP contribution in [0, 0.1) is 10.2 Å². The molecule has 0 aromatic heterocycles. The maximum absolute atomic E-state index is 11.8. The molecule has 7 heteroatoms. The van der Waals surface area contributed by atoms with Gasteiger partial charge < -0.3 is 4.90 Å². The lowest BCUT2D eigenvalue weighted by Gasteiger charge is -2.21. The molecule has 0 N–H and O–H groups in total. The van der Waals surface area contributed by atoms with E-state index in [1.54, 1.807) is 0 Å². The zero-order valence-electron chi connectivity index (χ0n) is 20.4. The molecule has 3 aromatic rings. The Bertz CT molecular complexity index is 1320. The van der Waals surface area contributed by atoms with Gasteiger partial charge in [-0.2, -0.15) is 14.0 Å². The van der Waals surface area contributed by atoms with Crippen LogP contribution in [-0.2, 0) is 3.74 Å². The van der Waals surface area contributed by atoms with E-state index in [9.17, 15) is 14.0 Å². The molecule has 5 nitrogen and oxygen atoms in total. The minimum absolute atomic E-state index is 0.621. The van der Waals surface area contributed by atoms with Crippen LogP contribution >= 0.6 is 10.8 Å². The highest BCUT2D eigenvalue weighted by molar-refractivity contribution is 8.15. The zero-order valence-corrected chi connectivity index (χ0v) is 22.0. The van der Waals surface area contributed by atoms with E-state index in [-0.39, 0.29) is 0 Å². The van der Waals surface area contributed by atoms with Crippen molar-refractivity contribution >= 4 is 32.5 Å². The summed E-state index contributed by atoms with van der Waals surface area (Å²) in [4.78, 5) is 3.29. The Morgan fingerprint density at radius 1 is 0.833 bits per heavy atom. The number of anilines is 1. The first kappa shape index (κ1) is 26.1. The second kappa shape index (κ2) is 11.4. The monoisotopic (exact) mass is 521 g/mol. The van der Waals surface area contributed by atoms with E-state index in [1.165, 1.54) is 0 Å². The fourth-order valence-electron chi connectivity index (χ4n) is 3.94. The second-order valence-electron chi connectivity index (χ2n) is 8.42. The van der Waals surface area contributed by atoms with Gasteiger partial charge in [0.05, 0.1) is 15.1 Å². The summed E-state index contributed by atoms with van der Waals surface area (Å²) in [5, 5.41) is 0. The lowest BCUT2D eigenvalue weighted by atomic mass is 9.99. The van der Waals surface area contributed by atoms with Crippen molar-refractivity contribution in [2.45, 2.75) is 13.3 Å². The molecule has 0 spiro atoms. The molecule has 0 saturated carbocycles. The molecule has 0 bridgehead atoms. The summed E-state index contributed by atoms with van der Waals surface area (Å²) in [7, 11) is -2.12. The Hall–Kier alpha value is -2.97. The third-order valence-corrected chi connectivity index (χ3v) is 8.29. The molecular weight excluding hydrogens is 494 g/mol. The Morgan fingerprint density at radius 2 is 1.42 bits per heavy atom. The molecule has 0 radical (unpaired) electrons. The number of rotatable bonds is 8. The normalized spacial score (nSPS) is 16.4. The van der Waals surface area contributed by atoms with Crippen molar-refractivity contribution in [2.24, 2.45) is 0 Å². The first-order valence-electron chi connectivity index (χ1n) is 11.5. The van der Waals surface area contributed by atoms with Crippen molar-refractivity contribution in [3.8, 4) is 0 Å². The molecule has 3 aromatic carbocycles. The van der Waals surface area contributed by atoms with Gasteiger partial charge in [0.25, 0.3) is 0 Å². The molecule has 4 rings (SSSR count). The molecule has 0 saturated heterocycles. The van der Waals surface area contributed by atoms with Gasteiger partial charge >= 0.3 is 0 Å². The van der Waals surface area contributed by atoms with Crippen LogP contribution in [0.2, 0.25) is 0 Å². The van der Waals surface area contributed by atoms with Crippen molar-refractivity contribution < 1.29 is 28.0 Å². The molecule has 1 atom stereocenters. The molecule has 1 aliphatic rings. The summed E-state index contributed by atoms with van der Waals surface area (Å²) in [6.07, 6.45) is 6.48. The third-order valence-electron chi connectivity index (χ3n) is 5.76. The quantitative estimate of drug-likeness (QED) is 0.421. The van der Waals surface area contributed by atoms with Crippen molar-refractivity contribution in [1.29, 1.82) is 0 Å². The summed E-state index contributed by atoms with van der Waals surface area (Å²) >= 11 is 0. The van der Waals surface area contributed by atoms with Crippen LogP contribution < -0.4 is 18.9 Å². The number of benzene rings is 3.